The van der Waals surface area contributed by atoms with Gasteiger partial charge in [0.1, 0.15) is 0 Å². The monoisotopic (exact) mass is 265 g/mol. The van der Waals surface area contributed by atoms with Crippen molar-refractivity contribution in [3.8, 4) is 0 Å². The van der Waals surface area contributed by atoms with Crippen LogP contribution >= 0.6 is 22.9 Å². The van der Waals surface area contributed by atoms with E-state index in [2.05, 4.69) is 32.0 Å². The topological polar surface area (TPSA) is 26.0 Å². The number of hydrogen-bond acceptors (Lipinski definition) is 2. The molecule has 1 heterocycles. The van der Waals surface area contributed by atoms with E-state index in [1.807, 2.05) is 11.4 Å². The fraction of sp³-hybridized carbons (Fsp3) is 0.286. The maximum absolute atomic E-state index is 6.22. The Kier molecular flexibility index (Phi) is 3.87. The number of aryl methyl sites for hydroxylation is 2. The van der Waals surface area contributed by atoms with Gasteiger partial charge in [-0.2, -0.15) is 0 Å². The summed E-state index contributed by atoms with van der Waals surface area (Å²) in [6, 6.07) is 8.34. The standard InChI is InChI=1S/C14H16ClNS/c1-9-3-4-11(7-10(9)2)13(16)8-14-12(15)5-6-17-14/h3-7,13H,8,16H2,1-2H3. The number of thiophene rings is 1. The summed E-state index contributed by atoms with van der Waals surface area (Å²) in [6.45, 7) is 4.23. The molecule has 1 aromatic heterocycles. The van der Waals surface area contributed by atoms with Crippen LogP contribution in [0.25, 0.3) is 0 Å². The normalized spacial score (nSPS) is 12.7. The Morgan fingerprint density at radius 2 is 2.00 bits per heavy atom. The minimum Gasteiger partial charge on any atom is -0.324 e. The molecule has 0 saturated heterocycles. The van der Waals surface area contributed by atoms with Gasteiger partial charge in [-0.05, 0) is 42.0 Å². The summed E-state index contributed by atoms with van der Waals surface area (Å²) in [5.74, 6) is 0. The van der Waals surface area contributed by atoms with E-state index in [0.29, 0.717) is 0 Å². The Labute approximate surface area is 111 Å². The van der Waals surface area contributed by atoms with Gasteiger partial charge in [0.05, 0.1) is 5.02 Å². The summed E-state index contributed by atoms with van der Waals surface area (Å²) >= 11 is 7.75. The summed E-state index contributed by atoms with van der Waals surface area (Å²) < 4.78 is 0. The second-order valence-electron chi connectivity index (χ2n) is 4.35. The molecule has 90 valence electrons. The van der Waals surface area contributed by atoms with Crippen molar-refractivity contribution in [1.82, 2.24) is 0 Å². The molecule has 0 radical (unpaired) electrons. The van der Waals surface area contributed by atoms with E-state index in [-0.39, 0.29) is 6.04 Å². The van der Waals surface area contributed by atoms with E-state index in [0.717, 1.165) is 16.3 Å². The zero-order valence-electron chi connectivity index (χ0n) is 10.0. The molecule has 2 N–H and O–H groups in total. The Balaban J connectivity index is 2.17. The molecule has 0 saturated carbocycles. The third-order valence-electron chi connectivity index (χ3n) is 3.06. The van der Waals surface area contributed by atoms with Crippen LogP contribution in [0.15, 0.2) is 29.6 Å². The first-order valence-electron chi connectivity index (χ1n) is 5.62. The largest absolute Gasteiger partial charge is 0.324 e. The molecular weight excluding hydrogens is 250 g/mol. The van der Waals surface area contributed by atoms with Gasteiger partial charge in [0.15, 0.2) is 0 Å². The van der Waals surface area contributed by atoms with Gasteiger partial charge in [-0.1, -0.05) is 29.8 Å². The van der Waals surface area contributed by atoms with Crippen LogP contribution < -0.4 is 5.73 Å². The fourth-order valence-corrected chi connectivity index (χ4v) is 2.96. The van der Waals surface area contributed by atoms with Gasteiger partial charge in [-0.3, -0.25) is 0 Å². The number of rotatable bonds is 3. The number of hydrogen-bond donors (Lipinski definition) is 1. The zero-order valence-corrected chi connectivity index (χ0v) is 11.6. The van der Waals surface area contributed by atoms with Gasteiger partial charge in [0, 0.05) is 17.3 Å². The van der Waals surface area contributed by atoms with Crippen LogP contribution in [-0.2, 0) is 6.42 Å². The maximum atomic E-state index is 6.22. The molecule has 2 aromatic rings. The van der Waals surface area contributed by atoms with Gasteiger partial charge in [0.2, 0.25) is 0 Å². The molecule has 1 unspecified atom stereocenters. The van der Waals surface area contributed by atoms with Crippen LogP contribution in [0.4, 0.5) is 0 Å². The first-order valence-corrected chi connectivity index (χ1v) is 6.88. The molecular formula is C14H16ClNS. The van der Waals surface area contributed by atoms with E-state index in [4.69, 9.17) is 17.3 Å². The predicted molar refractivity (Wildman–Crippen MR) is 75.9 cm³/mol. The van der Waals surface area contributed by atoms with Gasteiger partial charge in [0.25, 0.3) is 0 Å². The lowest BCUT2D eigenvalue weighted by Crippen LogP contribution is -2.13. The van der Waals surface area contributed by atoms with E-state index in [9.17, 15) is 0 Å². The highest BCUT2D eigenvalue weighted by atomic mass is 35.5. The minimum atomic E-state index is 0.0189. The highest BCUT2D eigenvalue weighted by Crippen LogP contribution is 2.27. The lowest BCUT2D eigenvalue weighted by Gasteiger charge is -2.13. The zero-order chi connectivity index (χ0) is 12.4. The van der Waals surface area contributed by atoms with Crippen LogP contribution in [0.5, 0.6) is 0 Å². The summed E-state index contributed by atoms with van der Waals surface area (Å²) in [4.78, 5) is 1.16. The minimum absolute atomic E-state index is 0.0189. The summed E-state index contributed by atoms with van der Waals surface area (Å²) in [7, 11) is 0. The molecule has 0 aliphatic heterocycles. The van der Waals surface area contributed by atoms with Gasteiger partial charge in [-0.25, -0.2) is 0 Å². The van der Waals surface area contributed by atoms with Crippen molar-refractivity contribution in [1.29, 1.82) is 0 Å². The van der Waals surface area contributed by atoms with Crippen molar-refractivity contribution in [2.45, 2.75) is 26.3 Å². The number of nitrogens with two attached hydrogens (primary N) is 1. The summed E-state index contributed by atoms with van der Waals surface area (Å²) in [5.41, 5.74) is 9.99. The molecule has 2 rings (SSSR count). The molecule has 3 heteroatoms. The van der Waals surface area contributed by atoms with Crippen molar-refractivity contribution in [3.63, 3.8) is 0 Å². The van der Waals surface area contributed by atoms with E-state index < -0.39 is 0 Å². The van der Waals surface area contributed by atoms with Gasteiger partial charge >= 0.3 is 0 Å². The molecule has 0 aliphatic rings. The molecule has 1 aromatic carbocycles. The van der Waals surface area contributed by atoms with Crippen LogP contribution in [0.3, 0.4) is 0 Å². The van der Waals surface area contributed by atoms with Crippen LogP contribution in [-0.4, -0.2) is 0 Å². The predicted octanol–water partition coefficient (Wildman–Crippen LogP) is 4.26. The second kappa shape index (κ2) is 5.21. The molecule has 0 fully saturated rings. The molecule has 1 atom stereocenters. The van der Waals surface area contributed by atoms with E-state index >= 15 is 0 Å². The van der Waals surface area contributed by atoms with E-state index in [1.54, 1.807) is 11.3 Å². The molecule has 1 nitrogen and oxygen atoms in total. The third-order valence-corrected chi connectivity index (χ3v) is 4.46. The van der Waals surface area contributed by atoms with Crippen LogP contribution in [0, 0.1) is 13.8 Å². The molecule has 0 amide bonds. The summed E-state index contributed by atoms with van der Waals surface area (Å²) in [5, 5.41) is 2.83. The van der Waals surface area contributed by atoms with E-state index in [1.165, 1.54) is 16.7 Å². The quantitative estimate of drug-likeness (QED) is 0.882. The van der Waals surface area contributed by atoms with Crippen molar-refractivity contribution >= 4 is 22.9 Å². The number of benzene rings is 1. The molecule has 0 bridgehead atoms. The fourth-order valence-electron chi connectivity index (χ4n) is 1.78. The Morgan fingerprint density at radius 3 is 2.59 bits per heavy atom. The van der Waals surface area contributed by atoms with Gasteiger partial charge in [-0.15, -0.1) is 11.3 Å². The Bertz CT molecular complexity index is 519. The lowest BCUT2D eigenvalue weighted by molar-refractivity contribution is 0.729. The lowest BCUT2D eigenvalue weighted by atomic mass is 9.99. The Morgan fingerprint density at radius 1 is 1.24 bits per heavy atom. The maximum Gasteiger partial charge on any atom is 0.0545 e. The highest BCUT2D eigenvalue weighted by Gasteiger charge is 2.11. The van der Waals surface area contributed by atoms with Gasteiger partial charge < -0.3 is 5.73 Å². The second-order valence-corrected chi connectivity index (χ2v) is 5.75. The van der Waals surface area contributed by atoms with Crippen molar-refractivity contribution in [3.05, 3.63) is 56.2 Å². The molecule has 0 spiro atoms. The first kappa shape index (κ1) is 12.6. The highest BCUT2D eigenvalue weighted by molar-refractivity contribution is 7.10. The summed E-state index contributed by atoms with van der Waals surface area (Å²) in [6.07, 6.45) is 0.805. The first-order chi connectivity index (χ1) is 8.08. The van der Waals surface area contributed by atoms with Crippen LogP contribution in [0.2, 0.25) is 5.02 Å². The molecule has 0 aliphatic carbocycles. The van der Waals surface area contributed by atoms with Crippen molar-refractivity contribution in [2.75, 3.05) is 0 Å². The third kappa shape index (κ3) is 2.89. The van der Waals surface area contributed by atoms with Crippen molar-refractivity contribution in [2.24, 2.45) is 5.73 Å². The average molecular weight is 266 g/mol. The van der Waals surface area contributed by atoms with Crippen LogP contribution in [0.1, 0.15) is 27.6 Å². The molecule has 17 heavy (non-hydrogen) atoms. The average Bonchev–Trinajstić information content (AvgIpc) is 2.68. The smallest absolute Gasteiger partial charge is 0.0545 e. The number of halogens is 1. The van der Waals surface area contributed by atoms with Crippen molar-refractivity contribution < 1.29 is 0 Å². The Hall–Kier alpha value is -0.830. The SMILES string of the molecule is Cc1ccc(C(N)Cc2sccc2Cl)cc1C.